The van der Waals surface area contributed by atoms with E-state index in [1.807, 2.05) is 49.3 Å². The predicted octanol–water partition coefficient (Wildman–Crippen LogP) is 4.40. The number of nitrogens with zero attached hydrogens (tertiary/aromatic N) is 4. The van der Waals surface area contributed by atoms with Crippen LogP contribution in [-0.4, -0.2) is 54.4 Å². The molecule has 1 aromatic heterocycles. The molecule has 3 N–H and O–H groups in total. The van der Waals surface area contributed by atoms with Crippen LogP contribution >= 0.6 is 0 Å². The molecule has 0 bridgehead atoms. The van der Waals surface area contributed by atoms with Crippen molar-refractivity contribution in [2.24, 2.45) is 5.41 Å². The molecular weight excluding hydrogens is 468 g/mol. The Morgan fingerprint density at radius 2 is 1.84 bits per heavy atom. The number of hydrogen-bond acceptors (Lipinski definition) is 8. The van der Waals surface area contributed by atoms with E-state index in [-0.39, 0.29) is 17.4 Å². The van der Waals surface area contributed by atoms with Crippen molar-refractivity contribution in [3.05, 3.63) is 60.2 Å². The van der Waals surface area contributed by atoms with E-state index in [1.165, 1.54) is 7.11 Å². The molecule has 1 heterocycles. The van der Waals surface area contributed by atoms with Gasteiger partial charge in [0.15, 0.2) is 0 Å². The van der Waals surface area contributed by atoms with Crippen LogP contribution in [0.2, 0.25) is 0 Å². The molecule has 194 valence electrons. The summed E-state index contributed by atoms with van der Waals surface area (Å²) in [7, 11) is 5.38. The summed E-state index contributed by atoms with van der Waals surface area (Å²) in [5, 5.41) is 18.0. The molecule has 2 fully saturated rings. The largest absolute Gasteiger partial charge is 0.362 e. The first-order chi connectivity index (χ1) is 17.9. The summed E-state index contributed by atoms with van der Waals surface area (Å²) in [5.74, 6) is 1.52. The van der Waals surface area contributed by atoms with Crippen molar-refractivity contribution in [3.8, 4) is 0 Å². The monoisotopic (exact) mass is 502 g/mol. The molecule has 0 unspecified atom stereocenters. The summed E-state index contributed by atoms with van der Waals surface area (Å²) < 4.78 is 0. The van der Waals surface area contributed by atoms with E-state index in [2.05, 4.69) is 16.7 Å². The highest BCUT2D eigenvalue weighted by molar-refractivity contribution is 5.92. The van der Waals surface area contributed by atoms with Gasteiger partial charge in [-0.05, 0) is 73.4 Å². The average molecular weight is 503 g/mol. The third-order valence-electron chi connectivity index (χ3n) is 7.54. The number of carbonyl (C=O) groups excluding carboxylic acids is 1. The predicted molar refractivity (Wildman–Crippen MR) is 145 cm³/mol. The molecule has 2 aliphatic carbocycles. The van der Waals surface area contributed by atoms with E-state index in [4.69, 9.17) is 14.8 Å². The lowest BCUT2D eigenvalue weighted by Gasteiger charge is -2.30. The second kappa shape index (κ2) is 10.4. The van der Waals surface area contributed by atoms with Crippen molar-refractivity contribution in [1.82, 2.24) is 15.3 Å². The van der Waals surface area contributed by atoms with Gasteiger partial charge in [-0.2, -0.15) is 4.98 Å². The molecule has 1 spiro atoms. The summed E-state index contributed by atoms with van der Waals surface area (Å²) in [5.41, 5.74) is 2.54. The number of benzene rings is 2. The maximum atomic E-state index is 12.5. The van der Waals surface area contributed by atoms with Crippen LogP contribution in [0.15, 0.2) is 54.6 Å². The first-order valence-corrected chi connectivity index (χ1v) is 12.7. The lowest BCUT2D eigenvalue weighted by Crippen LogP contribution is -2.33. The van der Waals surface area contributed by atoms with Gasteiger partial charge in [-0.3, -0.25) is 14.8 Å². The van der Waals surface area contributed by atoms with Crippen LogP contribution in [0.5, 0.6) is 0 Å². The van der Waals surface area contributed by atoms with Crippen LogP contribution in [-0.2, 0) is 9.63 Å². The Hall–Kier alpha value is -3.69. The molecule has 0 saturated heterocycles. The van der Waals surface area contributed by atoms with Gasteiger partial charge in [0.1, 0.15) is 5.82 Å². The van der Waals surface area contributed by atoms with Crippen LogP contribution in [0.3, 0.4) is 0 Å². The molecule has 1 atom stereocenters. The van der Waals surface area contributed by atoms with E-state index in [1.54, 1.807) is 24.3 Å². The Bertz CT molecular complexity index is 1280. The van der Waals surface area contributed by atoms with Crippen molar-refractivity contribution in [3.63, 3.8) is 0 Å². The second-order valence-electron chi connectivity index (χ2n) is 10.2. The summed E-state index contributed by atoms with van der Waals surface area (Å²) in [6.07, 6.45) is 8.60. The number of amides is 1. The van der Waals surface area contributed by atoms with Crippen molar-refractivity contribution in [2.75, 3.05) is 36.6 Å². The van der Waals surface area contributed by atoms with Crippen LogP contribution in [0, 0.1) is 5.41 Å². The number of anilines is 3. The van der Waals surface area contributed by atoms with Crippen LogP contribution < -0.4 is 20.8 Å². The van der Waals surface area contributed by atoms with Gasteiger partial charge in [-0.1, -0.05) is 24.3 Å². The van der Waals surface area contributed by atoms with Gasteiger partial charge in [0, 0.05) is 37.6 Å². The van der Waals surface area contributed by atoms with Crippen molar-refractivity contribution < 1.29 is 14.8 Å². The molecule has 37 heavy (non-hydrogen) atoms. The molecule has 3 aromatic rings. The van der Waals surface area contributed by atoms with Gasteiger partial charge in [-0.15, -0.1) is 5.23 Å². The number of rotatable bonds is 8. The van der Waals surface area contributed by atoms with E-state index in [9.17, 15) is 10.0 Å². The lowest BCUT2D eigenvalue weighted by molar-refractivity contribution is -0.116. The Morgan fingerprint density at radius 3 is 2.54 bits per heavy atom. The van der Waals surface area contributed by atoms with E-state index in [0.717, 1.165) is 54.4 Å². The number of nitrogens with one attached hydrogen (secondary N) is 2. The molecule has 2 aliphatic rings. The third-order valence-corrected chi connectivity index (χ3v) is 7.54. The normalized spacial score (nSPS) is 22.8. The SMILES string of the molecule is CON(O)c1ccc(/C=C/C(=O)N[C@@H]2CC23CCC(Nc2nc(N(C)C)c4ccccc4n2)CC3)cc1. The number of para-hydroxylation sites is 1. The highest BCUT2D eigenvalue weighted by Gasteiger charge is 2.55. The van der Waals surface area contributed by atoms with Gasteiger partial charge in [0.05, 0.1) is 18.3 Å². The molecule has 2 saturated carbocycles. The van der Waals surface area contributed by atoms with Gasteiger partial charge in [-0.25, -0.2) is 4.98 Å². The van der Waals surface area contributed by atoms with Gasteiger partial charge in [0.2, 0.25) is 11.9 Å². The fourth-order valence-corrected chi connectivity index (χ4v) is 5.30. The molecule has 5 rings (SSSR count). The van der Waals surface area contributed by atoms with Crippen molar-refractivity contribution in [2.45, 2.75) is 44.2 Å². The maximum absolute atomic E-state index is 12.5. The van der Waals surface area contributed by atoms with Crippen LogP contribution in [0.4, 0.5) is 17.5 Å². The van der Waals surface area contributed by atoms with E-state index in [0.29, 0.717) is 22.9 Å². The van der Waals surface area contributed by atoms with Crippen LogP contribution in [0.1, 0.15) is 37.7 Å². The molecule has 0 radical (unpaired) electrons. The third kappa shape index (κ3) is 5.52. The number of carbonyl (C=O) groups is 1. The lowest BCUT2D eigenvalue weighted by atomic mass is 9.83. The van der Waals surface area contributed by atoms with E-state index < -0.39 is 0 Å². The summed E-state index contributed by atoms with van der Waals surface area (Å²) in [4.78, 5) is 28.8. The quantitative estimate of drug-likeness (QED) is 0.308. The van der Waals surface area contributed by atoms with Crippen molar-refractivity contribution in [1.29, 1.82) is 0 Å². The standard InChI is InChI=1S/C28H34N6O3/c1-33(2)26-22-6-4-5-7-23(22)30-27(32-26)29-20-14-16-28(17-15-20)18-24(28)31-25(35)13-10-19-8-11-21(12-9-19)34(36)37-3/h4-13,20,24,36H,14-18H2,1-3H3,(H,31,35)(H,29,30,32)/b13-10+/t20?,24-,28?/m1/s1. The molecular formula is C28H34N6O3. The average Bonchev–Trinajstić information content (AvgIpc) is 3.58. The fraction of sp³-hybridized carbons (Fsp3) is 0.393. The topological polar surface area (TPSA) is 103 Å². The minimum Gasteiger partial charge on any atom is -0.362 e. The van der Waals surface area contributed by atoms with Gasteiger partial charge < -0.3 is 15.5 Å². The number of fused-ring (bicyclic) bond motifs is 1. The zero-order valence-corrected chi connectivity index (χ0v) is 21.5. The Balaban J connectivity index is 1.12. The molecule has 2 aromatic carbocycles. The summed E-state index contributed by atoms with van der Waals surface area (Å²) >= 11 is 0. The minimum absolute atomic E-state index is 0.0762. The molecule has 9 nitrogen and oxygen atoms in total. The Morgan fingerprint density at radius 1 is 1.11 bits per heavy atom. The Labute approximate surface area is 217 Å². The summed E-state index contributed by atoms with van der Waals surface area (Å²) in [6, 6.07) is 15.7. The highest BCUT2D eigenvalue weighted by atomic mass is 16.9. The number of aromatic nitrogens is 2. The molecule has 1 amide bonds. The van der Waals surface area contributed by atoms with E-state index >= 15 is 0 Å². The summed E-state index contributed by atoms with van der Waals surface area (Å²) in [6.45, 7) is 0. The first-order valence-electron chi connectivity index (χ1n) is 12.7. The zero-order valence-electron chi connectivity index (χ0n) is 21.5. The Kier molecular flexibility index (Phi) is 6.99. The smallest absolute Gasteiger partial charge is 0.244 e. The highest BCUT2D eigenvalue weighted by Crippen LogP contribution is 2.56. The maximum Gasteiger partial charge on any atom is 0.244 e. The number of hydrogen-bond donors (Lipinski definition) is 3. The van der Waals surface area contributed by atoms with Crippen molar-refractivity contribution >= 4 is 40.3 Å². The van der Waals surface area contributed by atoms with Gasteiger partial charge in [0.25, 0.3) is 0 Å². The fourth-order valence-electron chi connectivity index (χ4n) is 5.30. The first kappa shape index (κ1) is 25.0. The van der Waals surface area contributed by atoms with Gasteiger partial charge >= 0.3 is 0 Å². The minimum atomic E-state index is -0.0762. The molecule has 9 heteroatoms. The molecule has 0 aliphatic heterocycles. The second-order valence-corrected chi connectivity index (χ2v) is 10.2. The zero-order chi connectivity index (χ0) is 26.0. The van der Waals surface area contributed by atoms with Crippen LogP contribution in [0.25, 0.3) is 17.0 Å².